The second-order valence-electron chi connectivity index (χ2n) is 4.33. The number of aromatic amines is 1. The van der Waals surface area contributed by atoms with Crippen LogP contribution in [0.4, 0.5) is 8.78 Å². The van der Waals surface area contributed by atoms with E-state index in [0.29, 0.717) is 17.0 Å². The monoisotopic (exact) mass is 260 g/mol. The molecule has 2 heterocycles. The molecule has 2 aromatic heterocycles. The first kappa shape index (κ1) is 11.7. The standard InChI is InChI=1S/C13H10F2N4/c1-6-5-8(7(2)19-18-6)13-16-10-4-3-9(14)11(15)12(10)17-13/h3-5H,1-2H3,(H,16,17). The predicted molar refractivity (Wildman–Crippen MR) is 66.5 cm³/mol. The van der Waals surface area contributed by atoms with Crippen LogP contribution in [0.1, 0.15) is 11.4 Å². The summed E-state index contributed by atoms with van der Waals surface area (Å²) in [5, 5.41) is 7.91. The van der Waals surface area contributed by atoms with Crippen molar-refractivity contribution in [2.24, 2.45) is 0 Å². The van der Waals surface area contributed by atoms with Gasteiger partial charge in [0.15, 0.2) is 11.6 Å². The fourth-order valence-corrected chi connectivity index (χ4v) is 1.93. The Morgan fingerprint density at radius 1 is 1.11 bits per heavy atom. The van der Waals surface area contributed by atoms with Crippen molar-refractivity contribution in [3.63, 3.8) is 0 Å². The lowest BCUT2D eigenvalue weighted by Gasteiger charge is -2.01. The van der Waals surface area contributed by atoms with E-state index in [1.165, 1.54) is 6.07 Å². The molecular weight excluding hydrogens is 250 g/mol. The second kappa shape index (κ2) is 4.08. The molecule has 6 heteroatoms. The van der Waals surface area contributed by atoms with Gasteiger partial charge in [-0.3, -0.25) is 0 Å². The van der Waals surface area contributed by atoms with Crippen LogP contribution in [0.2, 0.25) is 0 Å². The van der Waals surface area contributed by atoms with Crippen molar-refractivity contribution in [2.45, 2.75) is 13.8 Å². The number of aromatic nitrogens is 4. The number of nitrogens with zero attached hydrogens (tertiary/aromatic N) is 3. The Morgan fingerprint density at radius 3 is 2.68 bits per heavy atom. The van der Waals surface area contributed by atoms with E-state index in [1.807, 2.05) is 0 Å². The smallest absolute Gasteiger partial charge is 0.186 e. The van der Waals surface area contributed by atoms with E-state index in [9.17, 15) is 8.78 Å². The van der Waals surface area contributed by atoms with Gasteiger partial charge in [-0.2, -0.15) is 10.2 Å². The topological polar surface area (TPSA) is 54.5 Å². The molecule has 0 radical (unpaired) electrons. The average molecular weight is 260 g/mol. The van der Waals surface area contributed by atoms with Gasteiger partial charge in [-0.25, -0.2) is 13.8 Å². The summed E-state index contributed by atoms with van der Waals surface area (Å²) in [6, 6.07) is 4.33. The van der Waals surface area contributed by atoms with Crippen molar-refractivity contribution < 1.29 is 8.78 Å². The van der Waals surface area contributed by atoms with Gasteiger partial charge in [0.25, 0.3) is 0 Å². The maximum atomic E-state index is 13.6. The zero-order valence-electron chi connectivity index (χ0n) is 10.3. The molecule has 0 aliphatic heterocycles. The van der Waals surface area contributed by atoms with Crippen LogP contribution >= 0.6 is 0 Å². The molecule has 0 aliphatic rings. The van der Waals surface area contributed by atoms with Gasteiger partial charge in [0.1, 0.15) is 11.3 Å². The number of imidazole rings is 1. The first-order valence-electron chi connectivity index (χ1n) is 5.71. The lowest BCUT2D eigenvalue weighted by atomic mass is 10.2. The number of aryl methyl sites for hydroxylation is 2. The normalized spacial score (nSPS) is 11.2. The third-order valence-corrected chi connectivity index (χ3v) is 2.90. The largest absolute Gasteiger partial charge is 0.338 e. The fourth-order valence-electron chi connectivity index (χ4n) is 1.93. The Kier molecular flexibility index (Phi) is 2.51. The molecule has 1 aromatic carbocycles. The first-order chi connectivity index (χ1) is 9.06. The van der Waals surface area contributed by atoms with Gasteiger partial charge in [-0.05, 0) is 32.0 Å². The molecule has 0 atom stereocenters. The number of H-pyrrole nitrogens is 1. The van der Waals surface area contributed by atoms with Crippen LogP contribution in [-0.4, -0.2) is 20.2 Å². The average Bonchev–Trinajstić information content (AvgIpc) is 2.81. The van der Waals surface area contributed by atoms with Crippen molar-refractivity contribution in [1.29, 1.82) is 0 Å². The summed E-state index contributed by atoms with van der Waals surface area (Å²) in [4.78, 5) is 7.07. The molecule has 0 aliphatic carbocycles. The van der Waals surface area contributed by atoms with Crippen molar-refractivity contribution in [2.75, 3.05) is 0 Å². The van der Waals surface area contributed by atoms with Gasteiger partial charge < -0.3 is 4.98 Å². The number of hydrogen-bond acceptors (Lipinski definition) is 3. The first-order valence-corrected chi connectivity index (χ1v) is 5.71. The zero-order chi connectivity index (χ0) is 13.6. The number of nitrogens with one attached hydrogen (secondary N) is 1. The summed E-state index contributed by atoms with van der Waals surface area (Å²) in [6.45, 7) is 3.59. The molecule has 0 amide bonds. The SMILES string of the molecule is Cc1cc(-c2nc3c(F)c(F)ccc3[nH]2)c(C)nn1. The van der Waals surface area contributed by atoms with Gasteiger partial charge in [-0.1, -0.05) is 0 Å². The molecular formula is C13H10F2N4. The van der Waals surface area contributed by atoms with Crippen molar-refractivity contribution in [3.05, 3.63) is 41.2 Å². The minimum atomic E-state index is -0.948. The van der Waals surface area contributed by atoms with Crippen molar-refractivity contribution in [1.82, 2.24) is 20.2 Å². The molecule has 0 unspecified atom stereocenters. The molecule has 0 saturated heterocycles. The van der Waals surface area contributed by atoms with Crippen LogP contribution in [0, 0.1) is 25.5 Å². The van der Waals surface area contributed by atoms with Crippen LogP contribution in [-0.2, 0) is 0 Å². The van der Waals surface area contributed by atoms with E-state index in [-0.39, 0.29) is 5.52 Å². The second-order valence-corrected chi connectivity index (χ2v) is 4.33. The maximum Gasteiger partial charge on any atom is 0.186 e. The summed E-state index contributed by atoms with van der Waals surface area (Å²) in [5.41, 5.74) is 2.56. The summed E-state index contributed by atoms with van der Waals surface area (Å²) >= 11 is 0. The number of benzene rings is 1. The Labute approximate surface area is 107 Å². The van der Waals surface area contributed by atoms with E-state index in [2.05, 4.69) is 20.2 Å². The van der Waals surface area contributed by atoms with E-state index < -0.39 is 11.6 Å². The third kappa shape index (κ3) is 1.85. The number of hydrogen-bond donors (Lipinski definition) is 1. The van der Waals surface area contributed by atoms with Crippen LogP contribution < -0.4 is 0 Å². The van der Waals surface area contributed by atoms with Crippen LogP contribution in [0.25, 0.3) is 22.4 Å². The summed E-state index contributed by atoms with van der Waals surface area (Å²) in [5.74, 6) is -1.40. The Hall–Kier alpha value is -2.37. The van der Waals surface area contributed by atoms with E-state index in [0.717, 1.165) is 17.3 Å². The zero-order valence-corrected chi connectivity index (χ0v) is 10.3. The molecule has 3 rings (SSSR count). The molecule has 0 fully saturated rings. The summed E-state index contributed by atoms with van der Waals surface area (Å²) in [7, 11) is 0. The Balaban J connectivity index is 2.26. The maximum absolute atomic E-state index is 13.6. The minimum Gasteiger partial charge on any atom is -0.338 e. The lowest BCUT2D eigenvalue weighted by Crippen LogP contribution is -1.94. The predicted octanol–water partition coefficient (Wildman–Crippen LogP) is 2.91. The van der Waals surface area contributed by atoms with Crippen LogP contribution in [0.5, 0.6) is 0 Å². The molecule has 0 bridgehead atoms. The lowest BCUT2D eigenvalue weighted by molar-refractivity contribution is 0.515. The van der Waals surface area contributed by atoms with E-state index in [4.69, 9.17) is 0 Å². The molecule has 0 saturated carbocycles. The number of rotatable bonds is 1. The van der Waals surface area contributed by atoms with Crippen molar-refractivity contribution >= 4 is 11.0 Å². The van der Waals surface area contributed by atoms with Gasteiger partial charge in [0.2, 0.25) is 0 Å². The van der Waals surface area contributed by atoms with Gasteiger partial charge >= 0.3 is 0 Å². The molecule has 3 aromatic rings. The van der Waals surface area contributed by atoms with Crippen LogP contribution in [0.15, 0.2) is 18.2 Å². The van der Waals surface area contributed by atoms with Gasteiger partial charge in [0, 0.05) is 5.56 Å². The molecule has 4 nitrogen and oxygen atoms in total. The van der Waals surface area contributed by atoms with Gasteiger partial charge in [0.05, 0.1) is 16.9 Å². The Bertz CT molecular complexity index is 780. The molecule has 19 heavy (non-hydrogen) atoms. The van der Waals surface area contributed by atoms with Gasteiger partial charge in [-0.15, -0.1) is 0 Å². The van der Waals surface area contributed by atoms with Crippen LogP contribution in [0.3, 0.4) is 0 Å². The fraction of sp³-hybridized carbons (Fsp3) is 0.154. The quantitative estimate of drug-likeness (QED) is 0.732. The summed E-state index contributed by atoms with van der Waals surface area (Å²) in [6.07, 6.45) is 0. The third-order valence-electron chi connectivity index (χ3n) is 2.90. The highest BCUT2D eigenvalue weighted by molar-refractivity contribution is 5.80. The highest BCUT2D eigenvalue weighted by Gasteiger charge is 2.14. The Morgan fingerprint density at radius 2 is 1.89 bits per heavy atom. The highest BCUT2D eigenvalue weighted by atomic mass is 19.2. The number of fused-ring (bicyclic) bond motifs is 1. The van der Waals surface area contributed by atoms with Crippen molar-refractivity contribution in [3.8, 4) is 11.4 Å². The highest BCUT2D eigenvalue weighted by Crippen LogP contribution is 2.25. The van der Waals surface area contributed by atoms with E-state index >= 15 is 0 Å². The molecule has 96 valence electrons. The minimum absolute atomic E-state index is 0.0103. The number of halogens is 2. The summed E-state index contributed by atoms with van der Waals surface area (Å²) < 4.78 is 26.8. The van der Waals surface area contributed by atoms with E-state index in [1.54, 1.807) is 19.9 Å². The molecule has 1 N–H and O–H groups in total. The molecule has 0 spiro atoms.